The van der Waals surface area contributed by atoms with Crippen molar-refractivity contribution in [1.82, 2.24) is 29.8 Å². The normalized spacial score (nSPS) is 18.1. The summed E-state index contributed by atoms with van der Waals surface area (Å²) < 4.78 is 1.88. The van der Waals surface area contributed by atoms with Crippen molar-refractivity contribution in [3.05, 3.63) is 58.8 Å². The summed E-state index contributed by atoms with van der Waals surface area (Å²) in [5.41, 5.74) is 5.67. The molecule has 1 N–H and O–H groups in total. The number of carbonyl (C=O) groups excluding carboxylic acids is 2. The quantitative estimate of drug-likeness (QED) is 0.602. The van der Waals surface area contributed by atoms with E-state index in [1.165, 1.54) is 0 Å². The first kappa shape index (κ1) is 21.6. The molecule has 4 heterocycles. The number of nitrogens with zero attached hydrogens (tertiary/aromatic N) is 5. The number of aromatic nitrogens is 4. The van der Waals surface area contributed by atoms with Gasteiger partial charge in [-0.25, -0.2) is 9.50 Å². The maximum absolute atomic E-state index is 12.7. The summed E-state index contributed by atoms with van der Waals surface area (Å²) in [6.45, 7) is 5.31. The van der Waals surface area contributed by atoms with Gasteiger partial charge in [-0.3, -0.25) is 14.6 Å². The molecule has 1 saturated heterocycles. The van der Waals surface area contributed by atoms with E-state index in [4.69, 9.17) is 10.1 Å². The van der Waals surface area contributed by atoms with Crippen LogP contribution in [0.2, 0.25) is 0 Å². The number of hydrogen-bond donors (Lipinski definition) is 1. The number of amides is 2. The lowest BCUT2D eigenvalue weighted by Crippen LogP contribution is -2.31. The highest BCUT2D eigenvalue weighted by molar-refractivity contribution is 5.81. The molecule has 2 amide bonds. The smallest absolute Gasteiger partial charge is 0.226 e. The molecule has 8 nitrogen and oxygen atoms in total. The molecule has 0 aromatic carbocycles. The third-order valence-corrected chi connectivity index (χ3v) is 6.80. The van der Waals surface area contributed by atoms with Crippen molar-refractivity contribution in [2.24, 2.45) is 5.92 Å². The maximum atomic E-state index is 12.7. The van der Waals surface area contributed by atoms with E-state index >= 15 is 0 Å². The van der Waals surface area contributed by atoms with Gasteiger partial charge in [-0.15, -0.1) is 0 Å². The van der Waals surface area contributed by atoms with Crippen molar-refractivity contribution >= 4 is 17.5 Å². The highest BCUT2D eigenvalue weighted by atomic mass is 16.2. The average Bonchev–Trinajstić information content (AvgIpc) is 3.40. The van der Waals surface area contributed by atoms with Crippen molar-refractivity contribution < 1.29 is 9.59 Å². The fraction of sp³-hybridized carbons (Fsp3) is 0.480. The second-order valence-electron chi connectivity index (χ2n) is 9.20. The Hall–Kier alpha value is -3.29. The summed E-state index contributed by atoms with van der Waals surface area (Å²) in [4.78, 5) is 36.0. The van der Waals surface area contributed by atoms with Crippen LogP contribution >= 0.6 is 0 Å². The van der Waals surface area contributed by atoms with E-state index in [1.54, 1.807) is 12.4 Å². The van der Waals surface area contributed by atoms with Crippen molar-refractivity contribution in [3.63, 3.8) is 0 Å². The van der Waals surface area contributed by atoms with Gasteiger partial charge in [0.2, 0.25) is 11.8 Å². The molecule has 1 aliphatic carbocycles. The van der Waals surface area contributed by atoms with Gasteiger partial charge in [-0.1, -0.05) is 6.07 Å². The van der Waals surface area contributed by atoms with Gasteiger partial charge in [0.15, 0.2) is 5.65 Å². The Labute approximate surface area is 193 Å². The molecule has 0 bridgehead atoms. The van der Waals surface area contributed by atoms with Crippen LogP contribution < -0.4 is 5.32 Å². The largest absolute Gasteiger partial charge is 0.352 e. The second kappa shape index (κ2) is 8.92. The zero-order valence-corrected chi connectivity index (χ0v) is 19.3. The highest BCUT2D eigenvalue weighted by Gasteiger charge is 2.39. The second-order valence-corrected chi connectivity index (χ2v) is 9.20. The van der Waals surface area contributed by atoms with Gasteiger partial charge in [-0.05, 0) is 63.1 Å². The van der Waals surface area contributed by atoms with E-state index in [9.17, 15) is 9.59 Å². The predicted octanol–water partition coefficient (Wildman–Crippen LogP) is 3.06. The molecule has 3 aromatic rings. The van der Waals surface area contributed by atoms with Crippen LogP contribution in [0.5, 0.6) is 0 Å². The van der Waals surface area contributed by atoms with Gasteiger partial charge in [0.25, 0.3) is 0 Å². The number of likely N-dealkylation sites (tertiary alicyclic amines) is 1. The van der Waals surface area contributed by atoms with Gasteiger partial charge in [-0.2, -0.15) is 5.10 Å². The lowest BCUT2D eigenvalue weighted by molar-refractivity contribution is -0.133. The van der Waals surface area contributed by atoms with Gasteiger partial charge < -0.3 is 10.2 Å². The minimum Gasteiger partial charge on any atom is -0.352 e. The van der Waals surface area contributed by atoms with E-state index in [0.29, 0.717) is 19.4 Å². The molecule has 1 unspecified atom stereocenters. The summed E-state index contributed by atoms with van der Waals surface area (Å²) >= 11 is 0. The SMILES string of the molecule is Cc1nc2cc(C3CCCN3C(=O)C3CC3)nn2c(C)c1CCC(=O)NCc1cccnc1. The first-order valence-corrected chi connectivity index (χ1v) is 11.8. The van der Waals surface area contributed by atoms with Crippen LogP contribution in [0.1, 0.15) is 66.4 Å². The average molecular weight is 447 g/mol. The molecule has 1 aliphatic heterocycles. The Morgan fingerprint density at radius 2 is 2.06 bits per heavy atom. The fourth-order valence-electron chi connectivity index (χ4n) is 4.80. The Morgan fingerprint density at radius 1 is 1.21 bits per heavy atom. The standard InChI is InChI=1S/C25H30N6O2/c1-16-20(9-10-24(32)27-15-18-5-3-11-26-14-18)17(2)31-23(28-16)13-21(29-31)22-6-4-12-30(22)25(33)19-7-8-19/h3,5,11,13-14,19,22H,4,6-10,12,15H2,1-2H3,(H,27,32). The number of hydrogen-bond acceptors (Lipinski definition) is 5. The van der Waals surface area contributed by atoms with Crippen LogP contribution in [0, 0.1) is 19.8 Å². The zero-order valence-electron chi connectivity index (χ0n) is 19.3. The molecular weight excluding hydrogens is 416 g/mol. The van der Waals surface area contributed by atoms with Crippen molar-refractivity contribution in [3.8, 4) is 0 Å². The molecule has 0 radical (unpaired) electrons. The predicted molar refractivity (Wildman–Crippen MR) is 123 cm³/mol. The molecular formula is C25H30N6O2. The monoisotopic (exact) mass is 446 g/mol. The third-order valence-electron chi connectivity index (χ3n) is 6.80. The van der Waals surface area contributed by atoms with Gasteiger partial charge >= 0.3 is 0 Å². The van der Waals surface area contributed by atoms with Gasteiger partial charge in [0.05, 0.1) is 11.7 Å². The summed E-state index contributed by atoms with van der Waals surface area (Å²) in [6, 6.07) is 5.87. The Balaban J connectivity index is 1.30. The number of nitrogens with one attached hydrogen (secondary N) is 1. The minimum absolute atomic E-state index is 0.000842. The summed E-state index contributed by atoms with van der Waals surface area (Å²) in [7, 11) is 0. The van der Waals surface area contributed by atoms with Gasteiger partial charge in [0, 0.05) is 55.3 Å². The number of rotatable bonds is 7. The highest BCUT2D eigenvalue weighted by Crippen LogP contribution is 2.38. The first-order valence-electron chi connectivity index (χ1n) is 11.8. The molecule has 3 aromatic heterocycles. The van der Waals surface area contributed by atoms with E-state index in [1.807, 2.05) is 41.5 Å². The lowest BCUT2D eigenvalue weighted by atomic mass is 10.1. The van der Waals surface area contributed by atoms with Crippen LogP contribution in [-0.2, 0) is 22.6 Å². The zero-order chi connectivity index (χ0) is 22.9. The molecule has 33 heavy (non-hydrogen) atoms. The van der Waals surface area contributed by atoms with Crippen LogP contribution in [0.25, 0.3) is 5.65 Å². The Kier molecular flexibility index (Phi) is 5.83. The maximum Gasteiger partial charge on any atom is 0.226 e. The number of fused-ring (bicyclic) bond motifs is 1. The Bertz CT molecular complexity index is 1180. The molecule has 8 heteroatoms. The Morgan fingerprint density at radius 3 is 2.82 bits per heavy atom. The summed E-state index contributed by atoms with van der Waals surface area (Å²) in [5.74, 6) is 0.508. The van der Waals surface area contributed by atoms with E-state index < -0.39 is 0 Å². The molecule has 5 rings (SSSR count). The molecule has 2 fully saturated rings. The van der Waals surface area contributed by atoms with Gasteiger partial charge in [0.1, 0.15) is 0 Å². The van der Waals surface area contributed by atoms with E-state index in [-0.39, 0.29) is 23.8 Å². The van der Waals surface area contributed by atoms with E-state index in [2.05, 4.69) is 10.3 Å². The fourth-order valence-corrected chi connectivity index (χ4v) is 4.80. The van der Waals surface area contributed by atoms with Crippen LogP contribution in [0.4, 0.5) is 0 Å². The molecule has 2 aliphatic rings. The van der Waals surface area contributed by atoms with Crippen LogP contribution in [0.15, 0.2) is 30.6 Å². The first-order chi connectivity index (χ1) is 16.0. The van der Waals surface area contributed by atoms with Crippen LogP contribution in [0.3, 0.4) is 0 Å². The summed E-state index contributed by atoms with van der Waals surface area (Å²) in [6.07, 6.45) is 8.46. The van der Waals surface area contributed by atoms with Crippen LogP contribution in [-0.4, -0.2) is 42.8 Å². The minimum atomic E-state index is -0.000842. The van der Waals surface area contributed by atoms with Crippen molar-refractivity contribution in [2.75, 3.05) is 6.54 Å². The lowest BCUT2D eigenvalue weighted by Gasteiger charge is -2.23. The summed E-state index contributed by atoms with van der Waals surface area (Å²) in [5, 5.41) is 7.82. The van der Waals surface area contributed by atoms with E-state index in [0.717, 1.165) is 66.1 Å². The number of aryl methyl sites for hydroxylation is 2. The number of carbonyl (C=O) groups is 2. The molecule has 172 valence electrons. The van der Waals surface area contributed by atoms with Crippen molar-refractivity contribution in [1.29, 1.82) is 0 Å². The van der Waals surface area contributed by atoms with Crippen molar-refractivity contribution in [2.45, 2.75) is 65.0 Å². The molecule has 1 saturated carbocycles. The molecule has 0 spiro atoms. The number of pyridine rings is 1. The topological polar surface area (TPSA) is 92.5 Å². The molecule has 1 atom stereocenters. The third kappa shape index (κ3) is 4.47.